The number of imide groups is 1. The Bertz CT molecular complexity index is 4660. The van der Waals surface area contributed by atoms with E-state index >= 15 is 0 Å². The highest BCUT2D eigenvalue weighted by molar-refractivity contribution is 7.13. The van der Waals surface area contributed by atoms with Gasteiger partial charge in [0.25, 0.3) is 17.7 Å². The summed E-state index contributed by atoms with van der Waals surface area (Å²) in [6.07, 6.45) is 11.0. The first-order valence-electron chi connectivity index (χ1n) is 42.1. The van der Waals surface area contributed by atoms with Gasteiger partial charge in [-0.15, -0.1) is 21.5 Å². The number of benzene rings is 3. The number of aliphatic hydroxyl groups excluding tert-OH is 1. The number of thiazole rings is 1. The van der Waals surface area contributed by atoms with E-state index in [9.17, 15) is 38.7 Å². The van der Waals surface area contributed by atoms with Crippen molar-refractivity contribution >= 4 is 75.6 Å². The number of carbonyl (C=O) groups excluding carboxylic acids is 7. The van der Waals surface area contributed by atoms with Gasteiger partial charge < -0.3 is 75.3 Å². The highest BCUT2D eigenvalue weighted by atomic mass is 32.1. The Morgan fingerprint density at radius 1 is 0.773 bits per heavy atom. The third-order valence-electron chi connectivity index (χ3n) is 24.3. The standard InChI is InChI=1S/C88H116N18O12S/c1-57(2)80(85(112)105-54-68(107)48-73(105)84(111)93-59(4)62-22-24-63(25-23-62)81-60(5)92-56-119-81)75-50-77(97-118-75)116-45-43-100-40-41-101(58(3)51-100)44-46-115-76-47-65(32-35-91-76)106-66-28-29-67(106)53-102(52-66)72-49-70(95-96-82(72)89)69-17-10-11-19-74(69)117-55-61-20-26-64(27-21-61)94-83(110)71(18-12-15-36-98(6)7)103(87(114)88(86(90)113)33-16-34-88)38-14-9-13-37-99(8)39-42-104-78(108)30-31-79(104)109/h10-11,17,19-27,30-32,35,47,49-50,56-59,66-68,71,73,80,107H,9,12-16,18,28-29,33-34,36-46,48,51-55H2,1-8H3,(H2,89,96)(H2,90,113)(H,93,111)(H,94,110)/t58-,59+,66?,67?,68-,71+,73+,80-/m1/s1. The van der Waals surface area contributed by atoms with Gasteiger partial charge in [-0.2, -0.15) is 0 Å². The molecule has 1 aliphatic carbocycles. The van der Waals surface area contributed by atoms with E-state index in [-0.39, 0.29) is 91.6 Å². The van der Waals surface area contributed by atoms with E-state index in [1.54, 1.807) is 22.3 Å². The van der Waals surface area contributed by atoms with Crippen LogP contribution >= 0.6 is 11.3 Å². The van der Waals surface area contributed by atoms with Gasteiger partial charge in [0.05, 0.1) is 39.6 Å². The van der Waals surface area contributed by atoms with Crippen LogP contribution in [0.4, 0.5) is 22.9 Å². The molecule has 3 aromatic carbocycles. The molecule has 1 saturated carbocycles. The number of likely N-dealkylation sites (N-methyl/N-ethyl adjacent to an activating group) is 1. The Labute approximate surface area is 700 Å². The molecular formula is C88H116N18O12S. The van der Waals surface area contributed by atoms with Crippen LogP contribution in [0.2, 0.25) is 0 Å². The molecule has 2 unspecified atom stereocenters. The van der Waals surface area contributed by atoms with Gasteiger partial charge in [-0.1, -0.05) is 75.2 Å². The van der Waals surface area contributed by atoms with Crippen LogP contribution < -0.4 is 46.1 Å². The molecule has 0 radical (unpaired) electrons. The highest BCUT2D eigenvalue weighted by Crippen LogP contribution is 2.45. The molecule has 7 N–H and O–H groups in total. The molecule has 2 bridgehead atoms. The van der Waals surface area contributed by atoms with Gasteiger partial charge in [0.1, 0.15) is 49.0 Å². The van der Waals surface area contributed by atoms with E-state index in [2.05, 4.69) is 84.4 Å². The number of piperazine rings is 2. The second-order valence-electron chi connectivity index (χ2n) is 33.3. The van der Waals surface area contributed by atoms with E-state index in [1.807, 2.05) is 139 Å². The van der Waals surface area contributed by atoms with Gasteiger partial charge in [-0.25, -0.2) is 9.97 Å². The normalized spacial score (nSPS) is 20.0. The van der Waals surface area contributed by atoms with Gasteiger partial charge in [0.15, 0.2) is 11.6 Å². The molecule has 4 aromatic heterocycles. The maximum absolute atomic E-state index is 14.7. The largest absolute Gasteiger partial charge is 0.488 e. The first kappa shape index (κ1) is 86.4. The Morgan fingerprint density at radius 2 is 1.50 bits per heavy atom. The lowest BCUT2D eigenvalue weighted by molar-refractivity contribution is -0.159. The Balaban J connectivity index is 0.556. The molecule has 6 aliphatic rings. The van der Waals surface area contributed by atoms with Crippen LogP contribution in [-0.2, 0) is 40.2 Å². The molecule has 7 amide bonds. The summed E-state index contributed by atoms with van der Waals surface area (Å²) < 4.78 is 24.9. The van der Waals surface area contributed by atoms with Crippen LogP contribution in [0.5, 0.6) is 17.5 Å². The molecule has 30 nitrogen and oxygen atoms in total. The number of nitrogens with two attached hydrogens (primary N) is 2. The number of nitrogens with one attached hydrogen (secondary N) is 2. The van der Waals surface area contributed by atoms with E-state index in [0.29, 0.717) is 113 Å². The molecule has 119 heavy (non-hydrogen) atoms. The van der Waals surface area contributed by atoms with Gasteiger partial charge in [-0.05, 0) is 177 Å². The van der Waals surface area contributed by atoms with Gasteiger partial charge in [-0.3, -0.25) is 48.3 Å². The lowest BCUT2D eigenvalue weighted by atomic mass is 9.67. The fourth-order valence-electron chi connectivity index (χ4n) is 17.4. The quantitative estimate of drug-likeness (QED) is 0.0136. The van der Waals surface area contributed by atoms with Gasteiger partial charge >= 0.3 is 0 Å². The number of fused-ring (bicyclic) bond motifs is 2. The lowest BCUT2D eigenvalue weighted by Crippen LogP contribution is -2.59. The number of hydrogen-bond donors (Lipinski definition) is 5. The molecule has 8 atom stereocenters. The monoisotopic (exact) mass is 1650 g/mol. The van der Waals surface area contributed by atoms with Crippen LogP contribution in [-0.4, -0.2) is 262 Å². The number of nitrogens with zero attached hydrogens (tertiary/aromatic N) is 14. The number of rotatable bonds is 40. The minimum absolute atomic E-state index is 0.0320. The number of unbranched alkanes of at least 4 members (excludes halogenated alkanes) is 3. The number of carbonyl (C=O) groups is 7. The van der Waals surface area contributed by atoms with E-state index in [0.717, 1.165) is 122 Å². The van der Waals surface area contributed by atoms with Crippen molar-refractivity contribution in [3.63, 3.8) is 0 Å². The third kappa shape index (κ3) is 21.1. The molecule has 4 saturated heterocycles. The molecule has 5 fully saturated rings. The van der Waals surface area contributed by atoms with Crippen molar-refractivity contribution in [1.82, 2.24) is 64.9 Å². The summed E-state index contributed by atoms with van der Waals surface area (Å²) in [5.74, 6) is -1.46. The van der Waals surface area contributed by atoms with Crippen molar-refractivity contribution in [3.8, 4) is 39.2 Å². The van der Waals surface area contributed by atoms with Crippen LogP contribution in [0.3, 0.4) is 0 Å². The predicted molar refractivity (Wildman–Crippen MR) is 455 cm³/mol. The summed E-state index contributed by atoms with van der Waals surface area (Å²) in [4.78, 5) is 123. The van der Waals surface area contributed by atoms with Gasteiger partial charge in [0, 0.05) is 144 Å². The number of anilines is 4. The molecule has 13 rings (SSSR count). The van der Waals surface area contributed by atoms with E-state index in [1.165, 1.54) is 22.0 Å². The molecule has 7 aromatic rings. The summed E-state index contributed by atoms with van der Waals surface area (Å²) in [6, 6.07) is 29.6. The maximum Gasteiger partial charge on any atom is 0.254 e. The van der Waals surface area contributed by atoms with Crippen molar-refractivity contribution in [2.75, 3.05) is 140 Å². The summed E-state index contributed by atoms with van der Waals surface area (Å²) in [6.45, 7) is 19.0. The third-order valence-corrected chi connectivity index (χ3v) is 25.3. The molecule has 31 heteroatoms. The zero-order chi connectivity index (χ0) is 84.0. The topological polar surface area (TPSA) is 350 Å². The number of para-hydroxylation sites is 1. The molecule has 636 valence electrons. The number of likely N-dealkylation sites (tertiary alicyclic amines) is 1. The Hall–Kier alpha value is -10.4. The second kappa shape index (κ2) is 39.6. The van der Waals surface area contributed by atoms with Crippen LogP contribution in [0, 0.1) is 18.3 Å². The predicted octanol–water partition coefficient (Wildman–Crippen LogP) is 8.57. The summed E-state index contributed by atoms with van der Waals surface area (Å²) in [5, 5.41) is 30.3. The lowest BCUT2D eigenvalue weighted by Gasteiger charge is -2.43. The average molecular weight is 1650 g/mol. The Kier molecular flexibility index (Phi) is 28.8. The van der Waals surface area contributed by atoms with E-state index < -0.39 is 41.3 Å². The Morgan fingerprint density at radius 3 is 2.19 bits per heavy atom. The second-order valence-corrected chi connectivity index (χ2v) is 34.2. The van der Waals surface area contributed by atoms with Crippen molar-refractivity contribution in [2.45, 2.75) is 167 Å². The number of ether oxygens (including phenoxy) is 3. The smallest absolute Gasteiger partial charge is 0.254 e. The number of β-amino-alcohol motifs (C(OH)–C–C–N with tert-alkyl or cyclic N) is 1. The summed E-state index contributed by atoms with van der Waals surface area (Å²) >= 11 is 1.58. The number of aryl methyl sites for hydroxylation is 1. The van der Waals surface area contributed by atoms with Crippen LogP contribution in [0.15, 0.2) is 125 Å². The number of amides is 7. The van der Waals surface area contributed by atoms with Crippen LogP contribution in [0.1, 0.15) is 139 Å². The number of aromatic nitrogens is 5. The minimum Gasteiger partial charge on any atom is -0.488 e. The van der Waals surface area contributed by atoms with Crippen LogP contribution in [0.25, 0.3) is 21.7 Å². The molecule has 9 heterocycles. The number of primary amides is 1. The molecular weight excluding hydrogens is 1530 g/mol. The highest BCUT2D eigenvalue weighted by Gasteiger charge is 2.53. The molecule has 0 spiro atoms. The first-order valence-corrected chi connectivity index (χ1v) is 43.0. The SMILES string of the molecule is Cc1ncsc1-c1ccc([C@H](C)NC(=O)[C@@H]2C[C@@H](O)CN2C(=O)[C@@H](c2cc(OCCN3CCN(CCOc4cc(N5C6CCC5CN(c5cc(-c7ccccc7OCc7ccc(NC(=O)[C@H](CCCCN(C)C)N(CCCCCN(C)CCN8C(=O)C=CC8=O)C(=O)C8(C(N)=O)CCC8)cc7)nnc5N)C6)ccn4)[C@H](C)C3)no2)C(C)C)cc1. The molecule has 5 aliphatic heterocycles. The van der Waals surface area contributed by atoms with Crippen molar-refractivity contribution < 1.29 is 57.4 Å². The number of hydrogen-bond acceptors (Lipinski definition) is 25. The summed E-state index contributed by atoms with van der Waals surface area (Å²) in [7, 11) is 5.93. The average Bonchev–Trinajstić information content (AvgIpc) is 0.888. The van der Waals surface area contributed by atoms with Crippen molar-refractivity contribution in [1.29, 1.82) is 0 Å². The van der Waals surface area contributed by atoms with Crippen molar-refractivity contribution in [3.05, 3.63) is 144 Å². The zero-order valence-corrected chi connectivity index (χ0v) is 70.6. The maximum atomic E-state index is 14.7. The number of nitrogen functional groups attached to an aromatic ring is 1. The van der Waals surface area contributed by atoms with Gasteiger partial charge in [0.2, 0.25) is 35.4 Å². The number of pyridine rings is 1. The minimum atomic E-state index is -1.35. The number of aliphatic hydroxyl groups is 1. The first-order chi connectivity index (χ1) is 57.4. The fourth-order valence-corrected chi connectivity index (χ4v) is 18.2. The fraction of sp³-hybridized carbons (Fsp3) is 0.523. The summed E-state index contributed by atoms with van der Waals surface area (Å²) in [5.41, 5.74) is 20.8. The van der Waals surface area contributed by atoms with Crippen molar-refractivity contribution in [2.24, 2.45) is 17.1 Å². The zero-order valence-electron chi connectivity index (χ0n) is 69.8. The van der Waals surface area contributed by atoms with E-state index in [4.69, 9.17) is 30.2 Å².